The third kappa shape index (κ3) is 2.98. The fourth-order valence-corrected chi connectivity index (χ4v) is 2.70. The van der Waals surface area contributed by atoms with Crippen molar-refractivity contribution in [2.75, 3.05) is 39.3 Å². The minimum atomic E-state index is -1.04. The van der Waals surface area contributed by atoms with Crippen molar-refractivity contribution >= 4 is 12.0 Å². The summed E-state index contributed by atoms with van der Waals surface area (Å²) < 4.78 is 0. The van der Waals surface area contributed by atoms with Crippen LogP contribution in [-0.2, 0) is 4.79 Å². The number of urea groups is 1. The Bertz CT molecular complexity index is 355. The van der Waals surface area contributed by atoms with Gasteiger partial charge in [0.15, 0.2) is 0 Å². The van der Waals surface area contributed by atoms with Crippen LogP contribution in [0.2, 0.25) is 0 Å². The number of hydrogen-bond donors (Lipinski definition) is 2. The lowest BCUT2D eigenvalue weighted by Gasteiger charge is -2.37. The third-order valence-corrected chi connectivity index (χ3v) is 3.90. The lowest BCUT2D eigenvalue weighted by atomic mass is 10.2. The molecule has 2 amide bonds. The number of aliphatic hydroxyl groups is 1. The Labute approximate surface area is 112 Å². The molecule has 0 saturated carbocycles. The summed E-state index contributed by atoms with van der Waals surface area (Å²) in [6, 6.07) is -1.16. The average molecular weight is 271 g/mol. The molecular weight excluding hydrogens is 250 g/mol. The molecule has 0 aromatic carbocycles. The lowest BCUT2D eigenvalue weighted by Crippen LogP contribution is -2.54. The van der Waals surface area contributed by atoms with Gasteiger partial charge in [0.1, 0.15) is 6.04 Å². The van der Waals surface area contributed by atoms with Gasteiger partial charge in [-0.3, -0.25) is 0 Å². The van der Waals surface area contributed by atoms with E-state index >= 15 is 0 Å². The van der Waals surface area contributed by atoms with Gasteiger partial charge in [-0.05, 0) is 6.54 Å². The number of carboxylic acid groups (broad SMARTS) is 1. The maximum atomic E-state index is 12.3. The number of amides is 2. The summed E-state index contributed by atoms with van der Waals surface area (Å²) in [5.74, 6) is -1.04. The van der Waals surface area contributed by atoms with Crippen molar-refractivity contribution in [2.24, 2.45) is 0 Å². The van der Waals surface area contributed by atoms with Crippen LogP contribution in [0.4, 0.5) is 4.79 Å². The SMILES string of the molecule is CCN1CCN(C(=O)N2CC(O)CC2C(=O)O)CC1. The normalized spacial score (nSPS) is 28.7. The molecule has 108 valence electrons. The fourth-order valence-electron chi connectivity index (χ4n) is 2.70. The maximum absolute atomic E-state index is 12.3. The first-order valence-corrected chi connectivity index (χ1v) is 6.71. The smallest absolute Gasteiger partial charge is 0.326 e. The van der Waals surface area contributed by atoms with Crippen molar-refractivity contribution in [2.45, 2.75) is 25.5 Å². The molecule has 0 aromatic rings. The number of aliphatic carboxylic acids is 1. The summed E-state index contributed by atoms with van der Waals surface area (Å²) in [6.07, 6.45) is -0.613. The molecule has 2 unspecified atom stereocenters. The van der Waals surface area contributed by atoms with Crippen molar-refractivity contribution in [3.8, 4) is 0 Å². The van der Waals surface area contributed by atoms with E-state index in [0.717, 1.165) is 19.6 Å². The number of β-amino-alcohol motifs (C(OH)–C–C–N with tert-alkyl or cyclic N) is 1. The second kappa shape index (κ2) is 5.75. The van der Waals surface area contributed by atoms with E-state index in [1.807, 2.05) is 0 Å². The summed E-state index contributed by atoms with van der Waals surface area (Å²) in [6.45, 7) is 6.02. The predicted octanol–water partition coefficient (Wildman–Crippen LogP) is -0.736. The van der Waals surface area contributed by atoms with Gasteiger partial charge in [0.2, 0.25) is 0 Å². The molecule has 2 heterocycles. The van der Waals surface area contributed by atoms with Crippen LogP contribution < -0.4 is 0 Å². The highest BCUT2D eigenvalue weighted by molar-refractivity contribution is 5.83. The van der Waals surface area contributed by atoms with Crippen molar-refractivity contribution < 1.29 is 19.8 Å². The van der Waals surface area contributed by atoms with Crippen molar-refractivity contribution in [3.63, 3.8) is 0 Å². The number of carbonyl (C=O) groups excluding carboxylic acids is 1. The van der Waals surface area contributed by atoms with Gasteiger partial charge in [0, 0.05) is 39.1 Å². The van der Waals surface area contributed by atoms with E-state index in [-0.39, 0.29) is 19.0 Å². The van der Waals surface area contributed by atoms with Gasteiger partial charge < -0.3 is 24.9 Å². The molecule has 0 aromatic heterocycles. The molecule has 0 spiro atoms. The van der Waals surface area contributed by atoms with E-state index < -0.39 is 18.1 Å². The first kappa shape index (κ1) is 14.1. The zero-order chi connectivity index (χ0) is 14.0. The molecule has 7 nitrogen and oxygen atoms in total. The second-order valence-electron chi connectivity index (χ2n) is 5.10. The van der Waals surface area contributed by atoms with Crippen molar-refractivity contribution in [3.05, 3.63) is 0 Å². The minimum Gasteiger partial charge on any atom is -0.480 e. The van der Waals surface area contributed by atoms with Crippen LogP contribution in [0.15, 0.2) is 0 Å². The number of piperazine rings is 1. The maximum Gasteiger partial charge on any atom is 0.326 e. The van der Waals surface area contributed by atoms with Gasteiger partial charge in [0.25, 0.3) is 0 Å². The van der Waals surface area contributed by atoms with E-state index in [2.05, 4.69) is 11.8 Å². The van der Waals surface area contributed by atoms with Gasteiger partial charge in [-0.15, -0.1) is 0 Å². The predicted molar refractivity (Wildman–Crippen MR) is 67.8 cm³/mol. The number of carbonyl (C=O) groups is 2. The monoisotopic (exact) mass is 271 g/mol. The van der Waals surface area contributed by atoms with Crippen LogP contribution in [0, 0.1) is 0 Å². The number of likely N-dealkylation sites (tertiary alicyclic amines) is 1. The standard InChI is InChI=1S/C12H21N3O4/c1-2-13-3-5-14(6-4-13)12(19)15-8-9(16)7-10(15)11(17)18/h9-10,16H,2-8H2,1H3,(H,17,18). The van der Waals surface area contributed by atoms with E-state index in [0.29, 0.717) is 13.1 Å². The zero-order valence-corrected chi connectivity index (χ0v) is 11.2. The van der Waals surface area contributed by atoms with Gasteiger partial charge in [-0.2, -0.15) is 0 Å². The highest BCUT2D eigenvalue weighted by Crippen LogP contribution is 2.20. The molecule has 7 heteroatoms. The number of likely N-dealkylation sites (N-methyl/N-ethyl adjacent to an activating group) is 1. The number of hydrogen-bond acceptors (Lipinski definition) is 4. The molecule has 2 rings (SSSR count). The van der Waals surface area contributed by atoms with E-state index in [4.69, 9.17) is 5.11 Å². The second-order valence-corrected chi connectivity index (χ2v) is 5.10. The molecule has 2 N–H and O–H groups in total. The van der Waals surface area contributed by atoms with Gasteiger partial charge >= 0.3 is 12.0 Å². The Balaban J connectivity index is 1.97. The molecule has 2 aliphatic rings. The van der Waals surface area contributed by atoms with Crippen LogP contribution in [0.25, 0.3) is 0 Å². The van der Waals surface area contributed by atoms with Crippen LogP contribution in [-0.4, -0.2) is 88.3 Å². The third-order valence-electron chi connectivity index (χ3n) is 3.90. The Morgan fingerprint density at radius 1 is 1.21 bits per heavy atom. The Hall–Kier alpha value is -1.34. The number of carboxylic acids is 1. The first-order chi connectivity index (χ1) is 9.02. The van der Waals surface area contributed by atoms with Crippen LogP contribution in [0.5, 0.6) is 0 Å². The van der Waals surface area contributed by atoms with Gasteiger partial charge in [0.05, 0.1) is 6.10 Å². The Kier molecular flexibility index (Phi) is 4.26. The van der Waals surface area contributed by atoms with Crippen LogP contribution >= 0.6 is 0 Å². The summed E-state index contributed by atoms with van der Waals surface area (Å²) >= 11 is 0. The molecule has 2 saturated heterocycles. The molecule has 2 fully saturated rings. The molecule has 2 atom stereocenters. The molecule has 2 aliphatic heterocycles. The number of aliphatic hydroxyl groups excluding tert-OH is 1. The topological polar surface area (TPSA) is 84.3 Å². The highest BCUT2D eigenvalue weighted by Gasteiger charge is 2.40. The van der Waals surface area contributed by atoms with Crippen LogP contribution in [0.1, 0.15) is 13.3 Å². The van der Waals surface area contributed by atoms with Crippen molar-refractivity contribution in [1.29, 1.82) is 0 Å². The Morgan fingerprint density at radius 2 is 1.84 bits per heavy atom. The van der Waals surface area contributed by atoms with E-state index in [1.165, 1.54) is 4.90 Å². The molecule has 0 radical (unpaired) electrons. The number of nitrogens with zero attached hydrogens (tertiary/aromatic N) is 3. The average Bonchev–Trinajstić information content (AvgIpc) is 2.80. The lowest BCUT2D eigenvalue weighted by molar-refractivity contribution is -0.141. The quantitative estimate of drug-likeness (QED) is 0.691. The summed E-state index contributed by atoms with van der Waals surface area (Å²) in [5, 5.41) is 18.7. The minimum absolute atomic E-state index is 0.115. The summed E-state index contributed by atoms with van der Waals surface area (Å²) in [5.41, 5.74) is 0. The van der Waals surface area contributed by atoms with Crippen molar-refractivity contribution in [1.82, 2.24) is 14.7 Å². The molecule has 19 heavy (non-hydrogen) atoms. The molecular formula is C12H21N3O4. The first-order valence-electron chi connectivity index (χ1n) is 6.71. The van der Waals surface area contributed by atoms with Gasteiger partial charge in [-0.1, -0.05) is 6.92 Å². The molecule has 0 bridgehead atoms. The van der Waals surface area contributed by atoms with E-state index in [9.17, 15) is 14.7 Å². The van der Waals surface area contributed by atoms with Crippen LogP contribution in [0.3, 0.4) is 0 Å². The fraction of sp³-hybridized carbons (Fsp3) is 0.833. The van der Waals surface area contributed by atoms with Gasteiger partial charge in [-0.25, -0.2) is 9.59 Å². The van der Waals surface area contributed by atoms with E-state index in [1.54, 1.807) is 4.90 Å². The zero-order valence-electron chi connectivity index (χ0n) is 11.2. The number of rotatable bonds is 2. The summed E-state index contributed by atoms with van der Waals surface area (Å²) in [4.78, 5) is 28.6. The Morgan fingerprint density at radius 3 is 2.37 bits per heavy atom. The highest BCUT2D eigenvalue weighted by atomic mass is 16.4. The molecule has 0 aliphatic carbocycles. The summed E-state index contributed by atoms with van der Waals surface area (Å²) in [7, 11) is 0. The largest absolute Gasteiger partial charge is 0.480 e.